The molecule has 0 unspecified atom stereocenters. The van der Waals surface area contributed by atoms with E-state index in [1.165, 1.54) is 4.90 Å². The molecular weight excluding hydrogens is 461 g/mol. The molecule has 5 N–H and O–H groups in total. The van der Waals surface area contributed by atoms with Crippen molar-refractivity contribution in [3.63, 3.8) is 0 Å². The summed E-state index contributed by atoms with van der Waals surface area (Å²) in [5.74, 6) is 2.83. The van der Waals surface area contributed by atoms with Gasteiger partial charge in [-0.2, -0.15) is 4.98 Å². The molecule has 1 saturated heterocycles. The number of aromatic nitrogens is 1. The molecule has 0 atom stereocenters. The van der Waals surface area contributed by atoms with Crippen molar-refractivity contribution >= 4 is 40.5 Å². The first-order chi connectivity index (χ1) is 14.1. The monoisotopic (exact) mass is 489 g/mol. The maximum atomic E-state index is 11.9. The smallest absolute Gasteiger partial charge is 0.298 e. The molecule has 1 amide bonds. The maximum absolute atomic E-state index is 11.9. The molecule has 0 bridgehead atoms. The van der Waals surface area contributed by atoms with Crippen molar-refractivity contribution in [2.45, 2.75) is 19.8 Å². The highest BCUT2D eigenvalue weighted by Crippen LogP contribution is 2.28. The summed E-state index contributed by atoms with van der Waals surface area (Å²) in [6, 6.07) is 12.0. The molecule has 2 heterocycles. The number of nitrogen functional groups attached to an aromatic ring is 1. The second-order valence-electron chi connectivity index (χ2n) is 7.03. The zero-order valence-corrected chi connectivity index (χ0v) is 19.9. The number of rotatable bonds is 8. The van der Waals surface area contributed by atoms with Gasteiger partial charge in [-0.1, -0.05) is 12.1 Å². The van der Waals surface area contributed by atoms with E-state index in [1.807, 2.05) is 37.3 Å². The molecule has 0 aliphatic carbocycles. The molecule has 10 heteroatoms. The van der Waals surface area contributed by atoms with Crippen LogP contribution >= 0.6 is 11.6 Å². The number of aromatic amines is 1. The summed E-state index contributed by atoms with van der Waals surface area (Å²) in [6.07, 6.45) is 1.04. The molecule has 0 spiro atoms. The van der Waals surface area contributed by atoms with E-state index >= 15 is 0 Å². The van der Waals surface area contributed by atoms with Crippen LogP contribution in [-0.4, -0.2) is 44.6 Å². The number of nitrogens with zero attached hydrogens (tertiary/aromatic N) is 1. The number of anilines is 3. The van der Waals surface area contributed by atoms with Crippen LogP contribution in [0.1, 0.15) is 19.8 Å². The van der Waals surface area contributed by atoms with Crippen LogP contribution in [0.4, 0.5) is 23.0 Å². The Balaban J connectivity index is 0.00000240. The average molecular weight is 491 g/mol. The topological polar surface area (TPSA) is 86.2 Å². The first-order valence-corrected chi connectivity index (χ1v) is 10.6. The lowest BCUT2D eigenvalue weighted by atomic mass is 10.2. The van der Waals surface area contributed by atoms with Gasteiger partial charge in [0.15, 0.2) is 0 Å². The summed E-state index contributed by atoms with van der Waals surface area (Å²) in [4.78, 5) is 18.8. The quantitative estimate of drug-likeness (QED) is 0.326. The van der Waals surface area contributed by atoms with E-state index in [0.29, 0.717) is 36.8 Å². The van der Waals surface area contributed by atoms with E-state index in [4.69, 9.17) is 22.1 Å². The Bertz CT molecular complexity index is 832. The van der Waals surface area contributed by atoms with Crippen molar-refractivity contribution in [3.8, 4) is 5.75 Å². The second kappa shape index (κ2) is 13.5. The zero-order chi connectivity index (χ0) is 20.6. The Morgan fingerprint density at radius 1 is 1.23 bits per heavy atom. The number of pyridine rings is 1. The lowest BCUT2D eigenvalue weighted by molar-refractivity contribution is -0.867. The van der Waals surface area contributed by atoms with Crippen molar-refractivity contribution in [1.82, 2.24) is 0 Å². The Hall–Kier alpha value is -1.93. The molecule has 1 aliphatic heterocycles. The predicted octanol–water partition coefficient (Wildman–Crippen LogP) is -4.52. The van der Waals surface area contributed by atoms with Gasteiger partial charge in [-0.15, -0.1) is 11.6 Å². The minimum absolute atomic E-state index is 0. The van der Waals surface area contributed by atoms with Gasteiger partial charge in [0.1, 0.15) is 24.5 Å². The summed E-state index contributed by atoms with van der Waals surface area (Å²) >= 11 is 5.64. The van der Waals surface area contributed by atoms with E-state index in [2.05, 4.69) is 21.3 Å². The van der Waals surface area contributed by atoms with Gasteiger partial charge in [0.05, 0.1) is 25.4 Å². The first kappa shape index (κ1) is 27.1. The van der Waals surface area contributed by atoms with Crippen LogP contribution in [0.2, 0.25) is 0 Å². The van der Waals surface area contributed by atoms with E-state index in [0.717, 1.165) is 43.4 Å². The van der Waals surface area contributed by atoms with E-state index in [-0.39, 0.29) is 30.7 Å². The normalized spacial score (nSPS) is 13.7. The predicted molar refractivity (Wildman–Crippen MR) is 116 cm³/mol. The molecule has 1 fully saturated rings. The summed E-state index contributed by atoms with van der Waals surface area (Å²) < 4.78 is 5.77. The van der Waals surface area contributed by atoms with Crippen molar-refractivity contribution in [2.24, 2.45) is 0 Å². The number of nitrogens with two attached hydrogens (primary N) is 1. The highest BCUT2D eigenvalue weighted by molar-refractivity contribution is 6.18. The van der Waals surface area contributed by atoms with Gasteiger partial charge in [-0.05, 0) is 31.5 Å². The fourth-order valence-electron chi connectivity index (χ4n) is 3.55. The third-order valence-corrected chi connectivity index (χ3v) is 5.31. The Morgan fingerprint density at radius 2 is 1.94 bits per heavy atom. The van der Waals surface area contributed by atoms with Gasteiger partial charge in [0, 0.05) is 18.4 Å². The summed E-state index contributed by atoms with van der Waals surface area (Å²) in [5, 5.41) is 2.84. The molecule has 7 nitrogen and oxygen atoms in total. The van der Waals surface area contributed by atoms with E-state index < -0.39 is 0 Å². The molecule has 172 valence electrons. The SMILES string of the molecule is CCOc1ccccc1N1CC[NH+](c2ccc(NC(=O)CCCCl)c(N)[nH+]2)CC1.[Cl-].[Cl-]. The fraction of sp³-hybridized carbons (Fsp3) is 0.429. The number of benzene rings is 1. The summed E-state index contributed by atoms with van der Waals surface area (Å²) in [7, 11) is 0. The molecule has 3 rings (SSSR count). The van der Waals surface area contributed by atoms with Crippen LogP contribution in [0.15, 0.2) is 36.4 Å². The van der Waals surface area contributed by atoms with Gasteiger partial charge in [-0.25, -0.2) is 0 Å². The van der Waals surface area contributed by atoms with Crippen LogP contribution in [0.3, 0.4) is 0 Å². The number of hydrogen-bond acceptors (Lipinski definition) is 4. The number of nitrogens with one attached hydrogen (secondary N) is 3. The molecule has 1 aromatic carbocycles. The molecule has 1 aromatic heterocycles. The van der Waals surface area contributed by atoms with Gasteiger partial charge < -0.3 is 39.8 Å². The van der Waals surface area contributed by atoms with Crippen LogP contribution < -0.4 is 55.4 Å². The van der Waals surface area contributed by atoms with E-state index in [9.17, 15) is 4.79 Å². The van der Waals surface area contributed by atoms with Gasteiger partial charge in [0.25, 0.3) is 11.6 Å². The summed E-state index contributed by atoms with van der Waals surface area (Å²) in [6.45, 7) is 6.39. The number of para-hydroxylation sites is 2. The van der Waals surface area contributed by atoms with Crippen molar-refractivity contribution < 1.29 is 44.2 Å². The molecular formula is C21H30Cl3N5O2. The van der Waals surface area contributed by atoms with Crippen LogP contribution in [0.5, 0.6) is 5.75 Å². The number of carbonyl (C=O) groups excluding carboxylic acids is 1. The Morgan fingerprint density at radius 3 is 2.58 bits per heavy atom. The van der Waals surface area contributed by atoms with Crippen LogP contribution in [0, 0.1) is 0 Å². The number of quaternary nitrogens is 1. The van der Waals surface area contributed by atoms with Crippen LogP contribution in [-0.2, 0) is 4.79 Å². The number of H-pyrrole nitrogens is 1. The fourth-order valence-corrected chi connectivity index (χ4v) is 3.68. The van der Waals surface area contributed by atoms with Crippen molar-refractivity contribution in [3.05, 3.63) is 36.4 Å². The van der Waals surface area contributed by atoms with E-state index in [1.54, 1.807) is 0 Å². The number of amides is 1. The zero-order valence-electron chi connectivity index (χ0n) is 17.6. The van der Waals surface area contributed by atoms with Gasteiger partial charge in [0.2, 0.25) is 5.91 Å². The number of carbonyl (C=O) groups is 1. The molecule has 0 saturated carbocycles. The number of alkyl halides is 1. The minimum atomic E-state index is -0.0765. The van der Waals surface area contributed by atoms with Crippen molar-refractivity contribution in [2.75, 3.05) is 54.6 Å². The highest BCUT2D eigenvalue weighted by atomic mass is 35.5. The number of hydrogen-bond donors (Lipinski definition) is 3. The molecule has 31 heavy (non-hydrogen) atoms. The highest BCUT2D eigenvalue weighted by Gasteiger charge is 2.26. The molecule has 0 radical (unpaired) electrons. The lowest BCUT2D eigenvalue weighted by Crippen LogP contribution is -3.11. The second-order valence-corrected chi connectivity index (χ2v) is 7.41. The minimum Gasteiger partial charge on any atom is -1.00 e. The Labute approximate surface area is 201 Å². The number of piperazine rings is 1. The Kier molecular flexibility index (Phi) is 11.8. The standard InChI is InChI=1S/C21H28ClN5O2.2ClH/c1-2-29-18-7-4-3-6-17(18)26-12-14-27(15-13-26)19-10-9-16(21(23)25-19)24-20(28)8-5-11-22;;/h3-4,6-7,9-10H,2,5,8,11-15H2,1H3,(H2,23,25)(H,24,28);2*1H. The number of halogens is 3. The van der Waals surface area contributed by atoms with Gasteiger partial charge in [-0.3, -0.25) is 15.4 Å². The molecule has 2 aromatic rings. The van der Waals surface area contributed by atoms with Gasteiger partial charge >= 0.3 is 0 Å². The van der Waals surface area contributed by atoms with Crippen molar-refractivity contribution in [1.29, 1.82) is 0 Å². The molecule has 1 aliphatic rings. The first-order valence-electron chi connectivity index (χ1n) is 10.1. The summed E-state index contributed by atoms with van der Waals surface area (Å²) in [5.41, 5.74) is 7.89. The van der Waals surface area contributed by atoms with Crippen LogP contribution in [0.25, 0.3) is 0 Å². The maximum Gasteiger partial charge on any atom is 0.298 e. The largest absolute Gasteiger partial charge is 1.00 e. The number of ether oxygens (including phenoxy) is 1. The third-order valence-electron chi connectivity index (χ3n) is 5.04. The third kappa shape index (κ3) is 7.31. The lowest BCUT2D eigenvalue weighted by Gasteiger charge is -2.33. The average Bonchev–Trinajstić information content (AvgIpc) is 2.74.